The largest absolute Gasteiger partial charge is 0.439 e. The number of nitrogens with zero attached hydrogens (tertiary/aromatic N) is 4. The van der Waals surface area contributed by atoms with E-state index in [-0.39, 0.29) is 0 Å². The van der Waals surface area contributed by atoms with E-state index in [0.717, 1.165) is 39.4 Å². The van der Waals surface area contributed by atoms with Gasteiger partial charge < -0.3 is 4.74 Å². The molecule has 3 aromatic carbocycles. The first-order valence-electron chi connectivity index (χ1n) is 11.9. The Balaban J connectivity index is 1.58. The number of hydrogen-bond donors (Lipinski definition) is 0. The Hall–Kier alpha value is -4.77. The second-order valence-corrected chi connectivity index (χ2v) is 8.72. The van der Waals surface area contributed by atoms with Gasteiger partial charge in [-0.15, -0.1) is 0 Å². The first-order valence-corrected chi connectivity index (χ1v) is 11.9. The SMILES string of the molecule is Cc1cccc(C)c1-c1nc2ccc(Oc3ccccn3)cc2n1-c1cccc(-c2ccccn2)c1. The zero-order valence-electron chi connectivity index (χ0n) is 20.1. The van der Waals surface area contributed by atoms with Crippen LogP contribution < -0.4 is 4.74 Å². The summed E-state index contributed by atoms with van der Waals surface area (Å²) in [7, 11) is 0. The molecule has 0 aliphatic rings. The predicted molar refractivity (Wildman–Crippen MR) is 144 cm³/mol. The fourth-order valence-corrected chi connectivity index (χ4v) is 4.58. The van der Waals surface area contributed by atoms with Gasteiger partial charge in [-0.1, -0.05) is 42.5 Å². The van der Waals surface area contributed by atoms with Crippen LogP contribution in [0.4, 0.5) is 0 Å². The summed E-state index contributed by atoms with van der Waals surface area (Å²) in [6, 6.07) is 32.3. The highest BCUT2D eigenvalue weighted by Gasteiger charge is 2.19. The molecule has 174 valence electrons. The number of ether oxygens (including phenoxy) is 1. The standard InChI is InChI=1S/C31H24N4O/c1-21-9-7-10-22(2)30(21)31-34-27-16-15-25(36-29-14-4-6-18-33-29)20-28(27)35(31)24-12-8-11-23(19-24)26-13-3-5-17-32-26/h3-20H,1-2H3. The van der Waals surface area contributed by atoms with Crippen molar-refractivity contribution in [3.8, 4) is 40.0 Å². The number of benzene rings is 3. The highest BCUT2D eigenvalue weighted by Crippen LogP contribution is 2.35. The second-order valence-electron chi connectivity index (χ2n) is 8.72. The third-order valence-electron chi connectivity index (χ3n) is 6.26. The fraction of sp³-hybridized carbons (Fsp3) is 0.0645. The topological polar surface area (TPSA) is 52.8 Å². The maximum Gasteiger partial charge on any atom is 0.219 e. The monoisotopic (exact) mass is 468 g/mol. The van der Waals surface area contributed by atoms with Gasteiger partial charge in [-0.2, -0.15) is 0 Å². The molecule has 0 saturated carbocycles. The molecule has 0 bridgehead atoms. The molecule has 0 amide bonds. The van der Waals surface area contributed by atoms with E-state index in [4.69, 9.17) is 9.72 Å². The van der Waals surface area contributed by atoms with E-state index in [0.29, 0.717) is 11.6 Å². The predicted octanol–water partition coefficient (Wildman–Crippen LogP) is 7.56. The van der Waals surface area contributed by atoms with E-state index in [1.165, 1.54) is 11.1 Å². The molecule has 0 radical (unpaired) electrons. The van der Waals surface area contributed by atoms with E-state index in [1.807, 2.05) is 60.8 Å². The Morgan fingerprint density at radius 1 is 0.694 bits per heavy atom. The summed E-state index contributed by atoms with van der Waals surface area (Å²) >= 11 is 0. The summed E-state index contributed by atoms with van der Waals surface area (Å²) in [6.45, 7) is 4.26. The number of rotatable bonds is 5. The van der Waals surface area contributed by atoms with Gasteiger partial charge >= 0.3 is 0 Å². The van der Waals surface area contributed by atoms with Gasteiger partial charge in [0, 0.05) is 41.3 Å². The van der Waals surface area contributed by atoms with Crippen LogP contribution in [0.15, 0.2) is 109 Å². The van der Waals surface area contributed by atoms with Gasteiger partial charge in [0.1, 0.15) is 11.6 Å². The van der Waals surface area contributed by atoms with Crippen molar-refractivity contribution in [2.24, 2.45) is 0 Å². The number of aromatic nitrogens is 4. The molecule has 36 heavy (non-hydrogen) atoms. The number of pyridine rings is 2. The Morgan fingerprint density at radius 3 is 2.22 bits per heavy atom. The lowest BCUT2D eigenvalue weighted by atomic mass is 10.0. The van der Waals surface area contributed by atoms with Crippen LogP contribution >= 0.6 is 0 Å². The molecule has 5 nitrogen and oxygen atoms in total. The molecule has 0 N–H and O–H groups in total. The van der Waals surface area contributed by atoms with Crippen molar-refractivity contribution in [1.82, 2.24) is 19.5 Å². The van der Waals surface area contributed by atoms with Crippen molar-refractivity contribution in [2.75, 3.05) is 0 Å². The minimum atomic E-state index is 0.551. The lowest BCUT2D eigenvalue weighted by Gasteiger charge is -2.14. The van der Waals surface area contributed by atoms with Crippen molar-refractivity contribution in [1.29, 1.82) is 0 Å². The number of aryl methyl sites for hydroxylation is 2. The summed E-state index contributed by atoms with van der Waals surface area (Å²) in [6.07, 6.45) is 3.54. The fourth-order valence-electron chi connectivity index (χ4n) is 4.58. The molecule has 6 aromatic rings. The Bertz CT molecular complexity index is 1650. The van der Waals surface area contributed by atoms with Crippen LogP contribution in [-0.2, 0) is 0 Å². The van der Waals surface area contributed by atoms with Crippen LogP contribution in [0.2, 0.25) is 0 Å². The van der Waals surface area contributed by atoms with Crippen LogP contribution in [0, 0.1) is 13.8 Å². The molecular formula is C31H24N4O. The van der Waals surface area contributed by atoms with Gasteiger partial charge in [0.05, 0.1) is 16.7 Å². The zero-order chi connectivity index (χ0) is 24.5. The average molecular weight is 469 g/mol. The highest BCUT2D eigenvalue weighted by atomic mass is 16.5. The maximum atomic E-state index is 6.07. The average Bonchev–Trinajstić information content (AvgIpc) is 3.28. The van der Waals surface area contributed by atoms with Crippen molar-refractivity contribution in [3.63, 3.8) is 0 Å². The van der Waals surface area contributed by atoms with Gasteiger partial charge in [0.15, 0.2) is 0 Å². The minimum Gasteiger partial charge on any atom is -0.439 e. The molecule has 0 atom stereocenters. The van der Waals surface area contributed by atoms with E-state index >= 15 is 0 Å². The third kappa shape index (κ3) is 4.01. The van der Waals surface area contributed by atoms with Gasteiger partial charge in [0.2, 0.25) is 5.88 Å². The Morgan fingerprint density at radius 2 is 1.47 bits per heavy atom. The number of imidazole rings is 1. The molecule has 0 aliphatic heterocycles. The summed E-state index contributed by atoms with van der Waals surface area (Å²) in [5, 5.41) is 0. The van der Waals surface area contributed by atoms with Gasteiger partial charge in [-0.25, -0.2) is 9.97 Å². The molecule has 0 fully saturated rings. The number of fused-ring (bicyclic) bond motifs is 1. The van der Waals surface area contributed by atoms with E-state index in [2.05, 4.69) is 70.8 Å². The molecular weight excluding hydrogens is 444 g/mol. The number of hydrogen-bond acceptors (Lipinski definition) is 4. The molecule has 0 saturated heterocycles. The maximum absolute atomic E-state index is 6.07. The Kier molecular flexibility index (Phi) is 5.51. The molecule has 0 unspecified atom stereocenters. The first-order chi connectivity index (χ1) is 17.7. The molecule has 0 spiro atoms. The van der Waals surface area contributed by atoms with E-state index < -0.39 is 0 Å². The molecule has 3 aromatic heterocycles. The van der Waals surface area contributed by atoms with Crippen molar-refractivity contribution in [3.05, 3.63) is 121 Å². The lowest BCUT2D eigenvalue weighted by molar-refractivity contribution is 0.463. The second kappa shape index (κ2) is 9.12. The van der Waals surface area contributed by atoms with Crippen LogP contribution in [0.5, 0.6) is 11.6 Å². The normalized spacial score (nSPS) is 11.1. The summed E-state index contributed by atoms with van der Waals surface area (Å²) in [5.41, 5.74) is 8.32. The van der Waals surface area contributed by atoms with Gasteiger partial charge in [-0.3, -0.25) is 9.55 Å². The van der Waals surface area contributed by atoms with Crippen LogP contribution in [0.3, 0.4) is 0 Å². The van der Waals surface area contributed by atoms with Crippen LogP contribution in [-0.4, -0.2) is 19.5 Å². The van der Waals surface area contributed by atoms with Crippen LogP contribution in [0.1, 0.15) is 11.1 Å². The third-order valence-corrected chi connectivity index (χ3v) is 6.26. The zero-order valence-corrected chi connectivity index (χ0v) is 20.1. The smallest absolute Gasteiger partial charge is 0.219 e. The molecule has 3 heterocycles. The van der Waals surface area contributed by atoms with E-state index in [9.17, 15) is 0 Å². The Labute approximate surface area is 209 Å². The van der Waals surface area contributed by atoms with Crippen molar-refractivity contribution < 1.29 is 4.74 Å². The summed E-state index contributed by atoms with van der Waals surface area (Å²) < 4.78 is 8.28. The van der Waals surface area contributed by atoms with Crippen molar-refractivity contribution in [2.45, 2.75) is 13.8 Å². The van der Waals surface area contributed by atoms with Crippen LogP contribution in [0.25, 0.3) is 39.4 Å². The first kappa shape index (κ1) is 21.7. The lowest BCUT2D eigenvalue weighted by Crippen LogP contribution is -2.01. The molecule has 6 rings (SSSR count). The minimum absolute atomic E-state index is 0.551. The molecule has 0 aliphatic carbocycles. The highest BCUT2D eigenvalue weighted by molar-refractivity contribution is 5.86. The quantitative estimate of drug-likeness (QED) is 0.262. The molecule has 5 heteroatoms. The van der Waals surface area contributed by atoms with Gasteiger partial charge in [-0.05, 0) is 67.4 Å². The van der Waals surface area contributed by atoms with Gasteiger partial charge in [0.25, 0.3) is 0 Å². The summed E-state index contributed by atoms with van der Waals surface area (Å²) in [4.78, 5) is 14.0. The summed E-state index contributed by atoms with van der Waals surface area (Å²) in [5.74, 6) is 2.15. The van der Waals surface area contributed by atoms with E-state index in [1.54, 1.807) is 6.20 Å². The van der Waals surface area contributed by atoms with Crippen molar-refractivity contribution >= 4 is 11.0 Å².